The van der Waals surface area contributed by atoms with Gasteiger partial charge in [0.05, 0.1) is 5.92 Å². The number of piperazine rings is 1. The summed E-state index contributed by atoms with van der Waals surface area (Å²) in [6.07, 6.45) is 1.18. The van der Waals surface area contributed by atoms with E-state index in [0.717, 1.165) is 32.7 Å². The molecule has 5 nitrogen and oxygen atoms in total. The zero-order valence-corrected chi connectivity index (χ0v) is 12.9. The standard InChI is InChI=1S/C15H21N3O2S/c19-14-4-3-12(10-16-14)15(20)18-7-5-17(6-8-18)11-13-2-1-9-21-13/h1-2,9,12H,3-8,10-11H2,(H,16,19)/t12-/m1/s1. The van der Waals surface area contributed by atoms with Crippen molar-refractivity contribution < 1.29 is 9.59 Å². The van der Waals surface area contributed by atoms with E-state index in [1.807, 2.05) is 4.90 Å². The first-order valence-electron chi connectivity index (χ1n) is 7.52. The summed E-state index contributed by atoms with van der Waals surface area (Å²) in [5, 5.41) is 4.90. The molecular weight excluding hydrogens is 286 g/mol. The number of hydrogen-bond acceptors (Lipinski definition) is 4. The van der Waals surface area contributed by atoms with Gasteiger partial charge in [0.2, 0.25) is 11.8 Å². The van der Waals surface area contributed by atoms with Crippen LogP contribution >= 0.6 is 11.3 Å². The molecule has 1 aromatic heterocycles. The lowest BCUT2D eigenvalue weighted by atomic mass is 9.97. The number of nitrogens with zero attached hydrogens (tertiary/aromatic N) is 2. The van der Waals surface area contributed by atoms with Crippen LogP contribution < -0.4 is 5.32 Å². The second-order valence-electron chi connectivity index (χ2n) is 5.72. The monoisotopic (exact) mass is 307 g/mol. The van der Waals surface area contributed by atoms with Crippen LogP contribution in [-0.4, -0.2) is 54.3 Å². The number of piperidine rings is 1. The fraction of sp³-hybridized carbons (Fsp3) is 0.600. The van der Waals surface area contributed by atoms with Crippen LogP contribution in [-0.2, 0) is 16.1 Å². The van der Waals surface area contributed by atoms with Gasteiger partial charge in [-0.25, -0.2) is 0 Å². The predicted octanol–water partition coefficient (Wildman–Crippen LogP) is 0.918. The van der Waals surface area contributed by atoms with E-state index >= 15 is 0 Å². The molecular formula is C15H21N3O2S. The Labute approximate surface area is 128 Å². The minimum atomic E-state index is -0.0217. The molecule has 1 atom stereocenters. The Kier molecular flexibility index (Phi) is 4.55. The van der Waals surface area contributed by atoms with Crippen molar-refractivity contribution in [2.24, 2.45) is 5.92 Å². The molecule has 0 unspecified atom stereocenters. The highest BCUT2D eigenvalue weighted by atomic mass is 32.1. The second kappa shape index (κ2) is 6.58. The van der Waals surface area contributed by atoms with Crippen LogP contribution in [0.4, 0.5) is 0 Å². The van der Waals surface area contributed by atoms with Gasteiger partial charge in [0, 0.05) is 50.6 Å². The van der Waals surface area contributed by atoms with Crippen molar-refractivity contribution in [3.05, 3.63) is 22.4 Å². The maximum Gasteiger partial charge on any atom is 0.227 e. The topological polar surface area (TPSA) is 52.7 Å². The Morgan fingerprint density at radius 1 is 1.33 bits per heavy atom. The van der Waals surface area contributed by atoms with Crippen LogP contribution in [0.1, 0.15) is 17.7 Å². The molecule has 2 aliphatic heterocycles. The van der Waals surface area contributed by atoms with Crippen molar-refractivity contribution in [3.8, 4) is 0 Å². The quantitative estimate of drug-likeness (QED) is 0.903. The molecule has 21 heavy (non-hydrogen) atoms. The molecule has 6 heteroatoms. The lowest BCUT2D eigenvalue weighted by Gasteiger charge is -2.37. The minimum absolute atomic E-state index is 0.0217. The molecule has 3 heterocycles. The third kappa shape index (κ3) is 3.63. The van der Waals surface area contributed by atoms with E-state index in [1.54, 1.807) is 11.3 Å². The number of thiophene rings is 1. The molecule has 0 aliphatic carbocycles. The molecule has 1 aromatic rings. The number of carbonyl (C=O) groups is 2. The molecule has 2 amide bonds. The van der Waals surface area contributed by atoms with Crippen LogP contribution in [0.2, 0.25) is 0 Å². The summed E-state index contributed by atoms with van der Waals surface area (Å²) < 4.78 is 0. The van der Waals surface area contributed by atoms with Crippen molar-refractivity contribution in [2.75, 3.05) is 32.7 Å². The smallest absolute Gasteiger partial charge is 0.227 e. The minimum Gasteiger partial charge on any atom is -0.355 e. The van der Waals surface area contributed by atoms with Gasteiger partial charge in [-0.2, -0.15) is 0 Å². The number of hydrogen-bond donors (Lipinski definition) is 1. The molecule has 0 spiro atoms. The highest BCUT2D eigenvalue weighted by Gasteiger charge is 2.30. The summed E-state index contributed by atoms with van der Waals surface area (Å²) in [4.78, 5) is 29.3. The average Bonchev–Trinajstić information content (AvgIpc) is 3.01. The van der Waals surface area contributed by atoms with E-state index in [0.29, 0.717) is 19.4 Å². The largest absolute Gasteiger partial charge is 0.355 e. The van der Waals surface area contributed by atoms with Gasteiger partial charge in [-0.05, 0) is 17.9 Å². The summed E-state index contributed by atoms with van der Waals surface area (Å²) >= 11 is 1.78. The van der Waals surface area contributed by atoms with Crippen LogP contribution in [0.5, 0.6) is 0 Å². The summed E-state index contributed by atoms with van der Waals surface area (Å²) in [7, 11) is 0. The molecule has 3 rings (SSSR count). The van der Waals surface area contributed by atoms with Gasteiger partial charge in [-0.1, -0.05) is 6.07 Å². The fourth-order valence-electron chi connectivity index (χ4n) is 2.95. The van der Waals surface area contributed by atoms with E-state index in [-0.39, 0.29) is 17.7 Å². The number of rotatable bonds is 3. The molecule has 0 aromatic carbocycles. The first-order valence-corrected chi connectivity index (χ1v) is 8.40. The SMILES string of the molecule is O=C1CC[C@@H](C(=O)N2CCN(Cc3cccs3)CC2)CN1. The first-order chi connectivity index (χ1) is 10.2. The van der Waals surface area contributed by atoms with Gasteiger partial charge < -0.3 is 10.2 Å². The normalized spacial score (nSPS) is 23.9. The summed E-state index contributed by atoms with van der Waals surface area (Å²) in [6, 6.07) is 4.24. The molecule has 2 aliphatic rings. The highest BCUT2D eigenvalue weighted by molar-refractivity contribution is 7.09. The third-order valence-electron chi connectivity index (χ3n) is 4.26. The molecule has 114 valence electrons. The first kappa shape index (κ1) is 14.5. The van der Waals surface area contributed by atoms with Gasteiger partial charge in [0.1, 0.15) is 0 Å². The molecule has 2 saturated heterocycles. The molecule has 1 N–H and O–H groups in total. The summed E-state index contributed by atoms with van der Waals surface area (Å²) in [6.45, 7) is 4.96. The Morgan fingerprint density at radius 2 is 2.14 bits per heavy atom. The Hall–Kier alpha value is -1.40. The fourth-order valence-corrected chi connectivity index (χ4v) is 3.70. The van der Waals surface area contributed by atoms with Crippen molar-refractivity contribution in [1.82, 2.24) is 15.1 Å². The maximum absolute atomic E-state index is 12.4. The van der Waals surface area contributed by atoms with E-state index in [4.69, 9.17) is 0 Å². The van der Waals surface area contributed by atoms with Crippen molar-refractivity contribution in [1.29, 1.82) is 0 Å². The lowest BCUT2D eigenvalue weighted by molar-refractivity contribution is -0.139. The van der Waals surface area contributed by atoms with E-state index < -0.39 is 0 Å². The van der Waals surface area contributed by atoms with Gasteiger partial charge >= 0.3 is 0 Å². The van der Waals surface area contributed by atoms with Crippen molar-refractivity contribution in [3.63, 3.8) is 0 Å². The average molecular weight is 307 g/mol. The lowest BCUT2D eigenvalue weighted by Crippen LogP contribution is -2.52. The van der Waals surface area contributed by atoms with Gasteiger partial charge in [-0.15, -0.1) is 11.3 Å². The number of nitrogens with one attached hydrogen (secondary N) is 1. The zero-order valence-electron chi connectivity index (χ0n) is 12.1. The van der Waals surface area contributed by atoms with E-state index in [1.165, 1.54) is 4.88 Å². The van der Waals surface area contributed by atoms with E-state index in [2.05, 4.69) is 27.7 Å². The van der Waals surface area contributed by atoms with Crippen LogP contribution in [0.15, 0.2) is 17.5 Å². The zero-order chi connectivity index (χ0) is 14.7. The Balaban J connectivity index is 1.46. The Morgan fingerprint density at radius 3 is 2.76 bits per heavy atom. The predicted molar refractivity (Wildman–Crippen MR) is 81.9 cm³/mol. The van der Waals surface area contributed by atoms with Crippen molar-refractivity contribution in [2.45, 2.75) is 19.4 Å². The van der Waals surface area contributed by atoms with Crippen LogP contribution in [0, 0.1) is 5.92 Å². The van der Waals surface area contributed by atoms with Crippen LogP contribution in [0.25, 0.3) is 0 Å². The summed E-state index contributed by atoms with van der Waals surface area (Å²) in [5.41, 5.74) is 0. The van der Waals surface area contributed by atoms with Crippen molar-refractivity contribution >= 4 is 23.2 Å². The molecule has 0 saturated carbocycles. The van der Waals surface area contributed by atoms with E-state index in [9.17, 15) is 9.59 Å². The van der Waals surface area contributed by atoms with Crippen LogP contribution in [0.3, 0.4) is 0 Å². The highest BCUT2D eigenvalue weighted by Crippen LogP contribution is 2.17. The number of amides is 2. The maximum atomic E-state index is 12.4. The van der Waals surface area contributed by atoms with Gasteiger partial charge in [0.25, 0.3) is 0 Å². The van der Waals surface area contributed by atoms with Gasteiger partial charge in [0.15, 0.2) is 0 Å². The number of carbonyl (C=O) groups excluding carboxylic acids is 2. The van der Waals surface area contributed by atoms with Gasteiger partial charge in [-0.3, -0.25) is 14.5 Å². The Bertz CT molecular complexity index is 485. The summed E-state index contributed by atoms with van der Waals surface area (Å²) in [5.74, 6) is 0.261. The molecule has 2 fully saturated rings. The second-order valence-corrected chi connectivity index (χ2v) is 6.75. The molecule has 0 radical (unpaired) electrons. The third-order valence-corrected chi connectivity index (χ3v) is 5.12. The molecule has 0 bridgehead atoms.